The molecule has 1 fully saturated rings. The van der Waals surface area contributed by atoms with Crippen molar-refractivity contribution in [2.45, 2.75) is 26.1 Å². The predicted octanol–water partition coefficient (Wildman–Crippen LogP) is 1.57. The summed E-state index contributed by atoms with van der Waals surface area (Å²) in [7, 11) is -3.99. The van der Waals surface area contributed by atoms with Crippen molar-refractivity contribution in [3.8, 4) is 0 Å². The van der Waals surface area contributed by atoms with Crippen molar-refractivity contribution in [2.75, 3.05) is 4.90 Å². The molecule has 2 aliphatic rings. The Hall–Kier alpha value is -1.67. The molecule has 0 spiro atoms. The number of carbonyl (C=O) groups is 1. The molecule has 1 aromatic rings. The number of amides is 1. The van der Waals surface area contributed by atoms with Gasteiger partial charge in [0.15, 0.2) is 0 Å². The van der Waals surface area contributed by atoms with Crippen molar-refractivity contribution >= 4 is 33.2 Å². The molecule has 0 aromatic heterocycles. The lowest BCUT2D eigenvalue weighted by atomic mass is 9.90. The van der Waals surface area contributed by atoms with Gasteiger partial charge < -0.3 is 0 Å². The van der Waals surface area contributed by atoms with Gasteiger partial charge in [-0.2, -0.15) is 0 Å². The van der Waals surface area contributed by atoms with E-state index >= 15 is 0 Å². The minimum absolute atomic E-state index is 0.0376. The third-order valence-corrected chi connectivity index (χ3v) is 5.71. The highest BCUT2D eigenvalue weighted by Crippen LogP contribution is 2.34. The zero-order valence-corrected chi connectivity index (χ0v) is 14.8. The second-order valence-corrected chi connectivity index (χ2v) is 7.92. The zero-order chi connectivity index (χ0) is 17.6. The molecule has 6 nitrogen and oxygen atoms in total. The first-order chi connectivity index (χ1) is 11.2. The smallest absolute Gasteiger partial charge is 0.239 e. The fourth-order valence-corrected chi connectivity index (χ4v) is 4.36. The number of hydrogen-bond acceptors (Lipinski definition) is 4. The third-order valence-electron chi connectivity index (χ3n) is 4.30. The first-order valence-electron chi connectivity index (χ1n) is 7.47. The summed E-state index contributed by atoms with van der Waals surface area (Å²) in [6, 6.07) is 7.17. The lowest BCUT2D eigenvalue weighted by molar-refractivity contribution is -0.123. The molecule has 24 heavy (non-hydrogen) atoms. The van der Waals surface area contributed by atoms with Gasteiger partial charge >= 0.3 is 0 Å². The number of anilines is 1. The van der Waals surface area contributed by atoms with E-state index < -0.39 is 15.9 Å². The van der Waals surface area contributed by atoms with Gasteiger partial charge in [-0.3, -0.25) is 15.0 Å². The molecule has 8 heteroatoms. The van der Waals surface area contributed by atoms with Crippen LogP contribution in [0, 0.1) is 12.8 Å². The summed E-state index contributed by atoms with van der Waals surface area (Å²) >= 11 is 6.03. The molecule has 0 bridgehead atoms. The van der Waals surface area contributed by atoms with Crippen LogP contribution in [0.25, 0.3) is 0 Å². The van der Waals surface area contributed by atoms with E-state index in [9.17, 15) is 13.2 Å². The zero-order valence-electron chi connectivity index (χ0n) is 13.2. The van der Waals surface area contributed by atoms with Gasteiger partial charge in [-0.05, 0) is 37.6 Å². The molecule has 3 N–H and O–H groups in total. The number of carbonyl (C=O) groups excluding carboxylic acids is 1. The van der Waals surface area contributed by atoms with Crippen molar-refractivity contribution in [3.05, 3.63) is 51.9 Å². The second-order valence-electron chi connectivity index (χ2n) is 5.98. The van der Waals surface area contributed by atoms with Crippen LogP contribution in [0.1, 0.15) is 12.5 Å². The quantitative estimate of drug-likeness (QED) is 0.829. The Morgan fingerprint density at radius 3 is 2.54 bits per heavy atom. The number of sulfonamides is 1. The molecular formula is C16H18ClN3O3S. The number of nitrogens with zero attached hydrogens (tertiary/aromatic N) is 1. The number of fused-ring (bicyclic) bond motifs is 1. The van der Waals surface area contributed by atoms with E-state index in [1.165, 1.54) is 12.2 Å². The van der Waals surface area contributed by atoms with Gasteiger partial charge in [0.1, 0.15) is 0 Å². The van der Waals surface area contributed by atoms with Crippen molar-refractivity contribution in [3.63, 3.8) is 0 Å². The number of nitrogens with two attached hydrogens (primary N) is 1. The van der Waals surface area contributed by atoms with Gasteiger partial charge in [0.2, 0.25) is 15.9 Å². The molecule has 3 unspecified atom stereocenters. The summed E-state index contributed by atoms with van der Waals surface area (Å²) in [5, 5.41) is 8.53. The lowest BCUT2D eigenvalue weighted by Gasteiger charge is -2.43. The highest BCUT2D eigenvalue weighted by Gasteiger charge is 2.42. The molecule has 1 aliphatic heterocycles. The fraction of sp³-hybridized carbons (Fsp3) is 0.312. The van der Waals surface area contributed by atoms with Crippen molar-refractivity contribution < 1.29 is 13.2 Å². The summed E-state index contributed by atoms with van der Waals surface area (Å²) in [6.45, 7) is 3.80. The topological polar surface area (TPSA) is 92.5 Å². The predicted molar refractivity (Wildman–Crippen MR) is 93.7 cm³/mol. The Kier molecular flexibility index (Phi) is 4.29. The van der Waals surface area contributed by atoms with E-state index in [1.54, 1.807) is 4.90 Å². The van der Waals surface area contributed by atoms with Crippen LogP contribution >= 0.6 is 11.6 Å². The van der Waals surface area contributed by atoms with Crippen LogP contribution in [0.15, 0.2) is 46.4 Å². The van der Waals surface area contributed by atoms with Crippen LogP contribution in [-0.2, 0) is 14.8 Å². The average Bonchev–Trinajstić information content (AvgIpc) is 2.47. The molecule has 1 aliphatic carbocycles. The van der Waals surface area contributed by atoms with E-state index in [0.29, 0.717) is 0 Å². The van der Waals surface area contributed by atoms with Gasteiger partial charge in [-0.15, -0.1) is 0 Å². The number of halogens is 1. The maximum absolute atomic E-state index is 13.0. The van der Waals surface area contributed by atoms with Gasteiger partial charge in [0.05, 0.1) is 22.0 Å². The summed E-state index contributed by atoms with van der Waals surface area (Å²) in [5.74, 6) is -0.876. The number of aryl methyl sites for hydroxylation is 1. The minimum atomic E-state index is -3.99. The van der Waals surface area contributed by atoms with Gasteiger partial charge in [0, 0.05) is 11.7 Å². The standard InChI is InChI=1S/C16H18ClN3O3S/c1-9-5-3-4-6-14(9)20-10(2)19-13-8-12(17)15(24(18,22)23)7-11(13)16(20)21/h3-8,10-11,13,19H,1-2H3,(H2,18,22,23). The molecule has 0 radical (unpaired) electrons. The van der Waals surface area contributed by atoms with Crippen molar-refractivity contribution in [1.82, 2.24) is 5.32 Å². The number of hydrogen-bond donors (Lipinski definition) is 2. The van der Waals surface area contributed by atoms with Gasteiger partial charge in [0.25, 0.3) is 0 Å². The molecule has 3 atom stereocenters. The van der Waals surface area contributed by atoms with Crippen LogP contribution in [0.5, 0.6) is 0 Å². The van der Waals surface area contributed by atoms with E-state index in [-0.39, 0.29) is 28.1 Å². The maximum atomic E-state index is 13.0. The molecular weight excluding hydrogens is 350 g/mol. The lowest BCUT2D eigenvalue weighted by Crippen LogP contribution is -2.62. The average molecular weight is 368 g/mol. The third kappa shape index (κ3) is 2.88. The minimum Gasteiger partial charge on any atom is -0.296 e. The first kappa shape index (κ1) is 17.2. The number of para-hydroxylation sites is 1. The summed E-state index contributed by atoms with van der Waals surface area (Å²) < 4.78 is 23.4. The van der Waals surface area contributed by atoms with Crippen LogP contribution in [-0.4, -0.2) is 26.5 Å². The second kappa shape index (κ2) is 6.00. The summed E-state index contributed by atoms with van der Waals surface area (Å²) in [5.41, 5.74) is 1.74. The van der Waals surface area contributed by atoms with Crippen LogP contribution in [0.2, 0.25) is 0 Å². The summed E-state index contributed by atoms with van der Waals surface area (Å²) in [4.78, 5) is 14.5. The van der Waals surface area contributed by atoms with E-state index in [1.807, 2.05) is 38.1 Å². The number of nitrogens with one attached hydrogen (secondary N) is 1. The van der Waals surface area contributed by atoms with Gasteiger partial charge in [-0.1, -0.05) is 29.8 Å². The molecule has 1 aromatic carbocycles. The number of allylic oxidation sites excluding steroid dienone is 1. The SMILES string of the molecule is Cc1ccccc1N1C(=O)C2C=C(S(N)(=O)=O)C(Cl)=CC2NC1C. The molecule has 1 amide bonds. The van der Waals surface area contributed by atoms with Crippen molar-refractivity contribution in [2.24, 2.45) is 11.1 Å². The Bertz CT molecular complexity index is 863. The summed E-state index contributed by atoms with van der Waals surface area (Å²) in [6.07, 6.45) is 2.62. The maximum Gasteiger partial charge on any atom is 0.239 e. The number of rotatable bonds is 2. The monoisotopic (exact) mass is 367 g/mol. The molecule has 0 saturated carbocycles. The van der Waals surface area contributed by atoms with Gasteiger partial charge in [-0.25, -0.2) is 13.6 Å². The highest BCUT2D eigenvalue weighted by molar-refractivity contribution is 7.93. The normalized spacial score (nSPS) is 27.4. The Morgan fingerprint density at radius 2 is 1.92 bits per heavy atom. The highest BCUT2D eigenvalue weighted by atomic mass is 35.5. The van der Waals surface area contributed by atoms with Crippen LogP contribution in [0.3, 0.4) is 0 Å². The van der Waals surface area contributed by atoms with E-state index in [0.717, 1.165) is 11.3 Å². The first-order valence-corrected chi connectivity index (χ1v) is 9.39. The number of benzene rings is 1. The Labute approximate surface area is 146 Å². The van der Waals surface area contributed by atoms with Crippen molar-refractivity contribution in [1.29, 1.82) is 0 Å². The molecule has 1 heterocycles. The van der Waals surface area contributed by atoms with Crippen LogP contribution < -0.4 is 15.4 Å². The Balaban J connectivity index is 2.04. The van der Waals surface area contributed by atoms with Crippen LogP contribution in [0.4, 0.5) is 5.69 Å². The molecule has 1 saturated heterocycles. The van der Waals surface area contributed by atoms with E-state index in [4.69, 9.17) is 16.7 Å². The fourth-order valence-electron chi connectivity index (χ4n) is 3.16. The Morgan fingerprint density at radius 1 is 1.25 bits per heavy atom. The van der Waals surface area contributed by atoms with E-state index in [2.05, 4.69) is 5.32 Å². The molecule has 128 valence electrons. The largest absolute Gasteiger partial charge is 0.296 e. The number of primary sulfonamides is 1. The molecule has 3 rings (SSSR count).